The first-order valence-electron chi connectivity index (χ1n) is 43.0. The summed E-state index contributed by atoms with van der Waals surface area (Å²) in [6.45, 7) is 62.6. The number of halogens is 3. The SMILES string of the molecule is CC(C)(C)NCC[C@@H]1CCCOC1.CC(C)(C)NCC[C@H]1CCCOC1.CC(C)(C)NC[C@@H]1CN(C(=O)C(F)(F)F)CCO1.CC(C)(C)NC[C@@H]1CN(S(=O)(=O)C2COC2)CCO1.CC(C)(C)NC[C@H]1CN(S(=O)(=O)C2COC2)CCO1.COCC(=O)N1CCC(CNC(C)(C)C)CC1.COCC(=O)N1CCCC(CNC(C)(C)C)C1. The van der Waals surface area contributed by atoms with E-state index in [1.807, 2.05) is 30.6 Å². The number of likely N-dealkylation sites (tertiary alicyclic amines) is 2. The smallest absolute Gasteiger partial charge is 0.381 e. The van der Waals surface area contributed by atoms with E-state index in [2.05, 4.69) is 162 Å². The minimum absolute atomic E-state index is 0.00627. The lowest BCUT2D eigenvalue weighted by Crippen LogP contribution is -2.56. The molecule has 3 amide bonds. The zero-order valence-electron chi connectivity index (χ0n) is 76.2. The number of methoxy groups -OCH3 is 2. The Morgan fingerprint density at radius 2 is 0.707 bits per heavy atom. The average Bonchev–Trinajstić information content (AvgIpc) is 0.797. The van der Waals surface area contributed by atoms with Gasteiger partial charge < -0.3 is 94.5 Å². The molecule has 0 aromatic rings. The Hall–Kier alpha value is -2.62. The first kappa shape index (κ1) is 108. The summed E-state index contributed by atoms with van der Waals surface area (Å²) < 4.78 is 136. The predicted octanol–water partition coefficient (Wildman–Crippen LogP) is 7.67. The van der Waals surface area contributed by atoms with Gasteiger partial charge in [-0.25, -0.2) is 16.8 Å². The maximum Gasteiger partial charge on any atom is 0.471 e. The summed E-state index contributed by atoms with van der Waals surface area (Å²) in [6, 6.07) is 0. The number of ether oxygens (including phenoxy) is 9. The molecule has 9 rings (SSSR count). The summed E-state index contributed by atoms with van der Waals surface area (Å²) in [6.07, 6.45) is 6.87. The molecular formula is C83H165F3N12O16S2. The second-order valence-electron chi connectivity index (χ2n) is 39.6. The first-order valence-corrected chi connectivity index (χ1v) is 46.0. The van der Waals surface area contributed by atoms with E-state index in [4.69, 9.17) is 42.6 Å². The van der Waals surface area contributed by atoms with Crippen LogP contribution in [0.5, 0.6) is 0 Å². The fourth-order valence-electron chi connectivity index (χ4n) is 13.3. The fourth-order valence-corrected chi connectivity index (χ4v) is 16.6. The highest BCUT2D eigenvalue weighted by atomic mass is 32.2. The molecule has 0 spiro atoms. The number of carbonyl (C=O) groups excluding carboxylic acids is 3. The van der Waals surface area contributed by atoms with Crippen molar-refractivity contribution in [3.63, 3.8) is 0 Å². The number of hydrogen-bond acceptors (Lipinski definition) is 23. The van der Waals surface area contributed by atoms with Gasteiger partial charge in [-0.2, -0.15) is 21.8 Å². The summed E-state index contributed by atoms with van der Waals surface area (Å²) in [5.41, 5.74) is 0.727. The molecule has 0 aromatic heterocycles. The van der Waals surface area contributed by atoms with Crippen molar-refractivity contribution < 1.29 is 87.0 Å². The second-order valence-corrected chi connectivity index (χ2v) is 44.1. The Labute approximate surface area is 700 Å². The van der Waals surface area contributed by atoms with Crippen molar-refractivity contribution in [1.29, 1.82) is 0 Å². The van der Waals surface area contributed by atoms with Crippen molar-refractivity contribution in [1.82, 2.24) is 60.5 Å². The van der Waals surface area contributed by atoms with Crippen LogP contribution in [0.4, 0.5) is 13.2 Å². The third-order valence-corrected chi connectivity index (χ3v) is 24.7. The molecule has 9 aliphatic rings. The highest BCUT2D eigenvalue weighted by molar-refractivity contribution is 7.90. The van der Waals surface area contributed by atoms with E-state index in [0.29, 0.717) is 97.3 Å². The van der Waals surface area contributed by atoms with E-state index >= 15 is 0 Å². The van der Waals surface area contributed by atoms with Crippen molar-refractivity contribution in [2.24, 2.45) is 23.7 Å². The summed E-state index contributed by atoms with van der Waals surface area (Å²) in [5.74, 6) is 1.31. The molecule has 9 saturated heterocycles. The van der Waals surface area contributed by atoms with Gasteiger partial charge >= 0.3 is 12.1 Å². The number of piperidine rings is 2. The normalized spacial score (nSPS) is 23.8. The van der Waals surface area contributed by atoms with E-state index in [9.17, 15) is 44.4 Å². The minimum Gasteiger partial charge on any atom is -0.381 e. The maximum atomic E-state index is 12.3. The zero-order valence-corrected chi connectivity index (χ0v) is 77.8. The van der Waals surface area contributed by atoms with Crippen LogP contribution in [0.25, 0.3) is 0 Å². The average molecular weight is 1710 g/mol. The molecule has 7 N–H and O–H groups in total. The summed E-state index contributed by atoms with van der Waals surface area (Å²) in [5, 5.41) is 23.2. The lowest BCUT2D eigenvalue weighted by Gasteiger charge is -2.37. The van der Waals surface area contributed by atoms with Gasteiger partial charge in [0.05, 0.1) is 64.6 Å². The van der Waals surface area contributed by atoms with Gasteiger partial charge in [0.1, 0.15) is 23.7 Å². The predicted molar refractivity (Wildman–Crippen MR) is 455 cm³/mol. The molecule has 6 atom stereocenters. The van der Waals surface area contributed by atoms with Gasteiger partial charge in [-0.15, -0.1) is 0 Å². The van der Waals surface area contributed by atoms with Crippen LogP contribution >= 0.6 is 0 Å². The zero-order chi connectivity index (χ0) is 87.4. The Kier molecular flexibility index (Phi) is 47.8. The number of morpholine rings is 3. The van der Waals surface area contributed by atoms with Gasteiger partial charge in [-0.3, -0.25) is 14.4 Å². The molecule has 0 bridgehead atoms. The molecule has 0 radical (unpaired) electrons. The molecule has 0 saturated carbocycles. The standard InChI is InChI=1S/2C13H26N2O2.2C12H24N2O4S.C11H19F3N2O2.2C11H23NO/c1-13(2,3)14-9-11-5-7-15(8-6-11)12(16)10-17-4;1-13(2,3)14-8-11-6-5-7-15(9-11)12(16)10-17-4;2*1-12(2,3)13-6-10-7-14(4-5-18-10)19(15,16)11-8-17-9-11;1-10(2,3)15-6-8-7-16(4-5-18-8)9(17)11(12,13)14;2*1-11(2,3)12-7-6-10-5-4-8-13-9-10/h2*11,14H,5-10H2,1-4H3;2*10-11,13H,4-9H2,1-3H3;8,15H,4-7H2,1-3H3;2*10,12H,4-9H2,1-3H3/t;;2*10-;8-;2*10-/m..10110/s1. The molecule has 116 heavy (non-hydrogen) atoms. The number of nitrogens with one attached hydrogen (secondary N) is 7. The van der Waals surface area contributed by atoms with Crippen LogP contribution in [-0.4, -0.2) is 343 Å². The van der Waals surface area contributed by atoms with Gasteiger partial charge in [0, 0.05) is 171 Å². The number of amides is 3. The number of carbonyl (C=O) groups is 3. The van der Waals surface area contributed by atoms with E-state index < -0.39 is 38.2 Å². The van der Waals surface area contributed by atoms with Gasteiger partial charge in [-0.05, 0) is 253 Å². The lowest BCUT2D eigenvalue weighted by molar-refractivity contribution is -0.191. The van der Waals surface area contributed by atoms with Gasteiger partial charge in [0.2, 0.25) is 31.9 Å². The molecule has 33 heteroatoms. The third-order valence-electron chi connectivity index (χ3n) is 20.4. The van der Waals surface area contributed by atoms with Crippen molar-refractivity contribution in [2.45, 2.75) is 283 Å². The number of sulfonamides is 2. The lowest BCUT2D eigenvalue weighted by atomic mass is 9.95. The Morgan fingerprint density at radius 3 is 1.04 bits per heavy atom. The summed E-state index contributed by atoms with van der Waals surface area (Å²) >= 11 is 0. The molecule has 0 aliphatic carbocycles. The first-order chi connectivity index (χ1) is 53.7. The highest BCUT2D eigenvalue weighted by Gasteiger charge is 2.45. The topological polar surface area (TPSA) is 303 Å². The number of alkyl halides is 3. The molecular weight excluding hydrogens is 1540 g/mol. The van der Waals surface area contributed by atoms with E-state index in [-0.39, 0.29) is 106 Å². The maximum absolute atomic E-state index is 12.3. The monoisotopic (exact) mass is 1710 g/mol. The Bertz CT molecular complexity index is 2820. The van der Waals surface area contributed by atoms with Crippen LogP contribution in [0.15, 0.2) is 0 Å². The van der Waals surface area contributed by atoms with Crippen molar-refractivity contribution in [3.05, 3.63) is 0 Å². The highest BCUT2D eigenvalue weighted by Crippen LogP contribution is 2.26. The van der Waals surface area contributed by atoms with Crippen LogP contribution in [0.1, 0.15) is 210 Å². The molecule has 9 heterocycles. The van der Waals surface area contributed by atoms with Gasteiger partial charge in [0.15, 0.2) is 0 Å². The molecule has 0 aromatic carbocycles. The largest absolute Gasteiger partial charge is 0.471 e. The van der Waals surface area contributed by atoms with E-state index in [1.165, 1.54) is 44.9 Å². The van der Waals surface area contributed by atoms with Gasteiger partial charge in [0.25, 0.3) is 0 Å². The van der Waals surface area contributed by atoms with Crippen molar-refractivity contribution >= 4 is 37.8 Å². The van der Waals surface area contributed by atoms with E-state index in [1.54, 1.807) is 22.8 Å². The second kappa shape index (κ2) is 51.6. The molecule has 9 fully saturated rings. The quantitative estimate of drug-likeness (QED) is 0.0487. The summed E-state index contributed by atoms with van der Waals surface area (Å²) in [7, 11) is -3.29. The molecule has 28 nitrogen and oxygen atoms in total. The summed E-state index contributed by atoms with van der Waals surface area (Å²) in [4.78, 5) is 39.1. The Morgan fingerprint density at radius 1 is 0.362 bits per heavy atom. The third kappa shape index (κ3) is 48.4. The van der Waals surface area contributed by atoms with Crippen LogP contribution in [-0.2, 0) is 77.1 Å². The van der Waals surface area contributed by atoms with Crippen LogP contribution < -0.4 is 37.2 Å². The van der Waals surface area contributed by atoms with Crippen LogP contribution in [0.3, 0.4) is 0 Å². The van der Waals surface area contributed by atoms with Crippen molar-refractivity contribution in [2.75, 3.05) is 211 Å². The van der Waals surface area contributed by atoms with Gasteiger partial charge in [-0.1, -0.05) is 0 Å². The molecule has 686 valence electrons. The fraction of sp³-hybridized carbons (Fsp3) is 0.964. The van der Waals surface area contributed by atoms with Crippen molar-refractivity contribution in [3.8, 4) is 0 Å². The number of hydrogen-bond donors (Lipinski definition) is 7. The van der Waals surface area contributed by atoms with Crippen LogP contribution in [0.2, 0.25) is 0 Å². The number of rotatable bonds is 24. The minimum atomic E-state index is -4.81. The Balaban J connectivity index is 0.000000352. The van der Waals surface area contributed by atoms with Crippen LogP contribution in [0, 0.1) is 23.7 Å². The molecule has 9 aliphatic heterocycles. The molecule has 1 unspecified atom stereocenters. The van der Waals surface area contributed by atoms with E-state index in [0.717, 1.165) is 115 Å². The number of nitrogens with zero attached hydrogens (tertiary/aromatic N) is 5.